The number of halogens is 2. The highest BCUT2D eigenvalue weighted by Gasteiger charge is 2.36. The fourth-order valence-corrected chi connectivity index (χ4v) is 6.33. The summed E-state index contributed by atoms with van der Waals surface area (Å²) in [5, 5.41) is 14.0. The number of benzene rings is 2. The number of aliphatic hydroxyl groups excluding tert-OH is 1. The van der Waals surface area contributed by atoms with E-state index in [0.717, 1.165) is 16.6 Å². The first-order valence-corrected chi connectivity index (χ1v) is 14.5. The van der Waals surface area contributed by atoms with Crippen molar-refractivity contribution in [1.82, 2.24) is 15.2 Å². The average Bonchev–Trinajstić information content (AvgIpc) is 3.36. The maximum atomic E-state index is 14.0. The van der Waals surface area contributed by atoms with Crippen LogP contribution in [0.15, 0.2) is 57.1 Å². The van der Waals surface area contributed by atoms with Gasteiger partial charge in [0.25, 0.3) is 0 Å². The Balaban J connectivity index is 1.64. The van der Waals surface area contributed by atoms with Crippen molar-refractivity contribution in [1.29, 1.82) is 0 Å². The second-order valence-electron chi connectivity index (χ2n) is 9.34. The molecule has 0 aliphatic carbocycles. The van der Waals surface area contributed by atoms with Crippen LogP contribution in [0.25, 0.3) is 10.2 Å². The van der Waals surface area contributed by atoms with Crippen LogP contribution in [0.2, 0.25) is 0 Å². The van der Waals surface area contributed by atoms with Crippen LogP contribution in [0.3, 0.4) is 0 Å². The van der Waals surface area contributed by atoms with Crippen LogP contribution in [0.5, 0.6) is 0 Å². The number of aliphatic imine (C=N–C) groups is 1. The Kier molecular flexibility index (Phi) is 8.73. The highest BCUT2D eigenvalue weighted by molar-refractivity contribution is 9.10. The molecule has 2 unspecified atom stereocenters. The second kappa shape index (κ2) is 12.2. The van der Waals surface area contributed by atoms with E-state index in [0.29, 0.717) is 58.5 Å². The first-order valence-electron chi connectivity index (χ1n) is 12.9. The number of amidine groups is 1. The Labute approximate surface area is 238 Å². The van der Waals surface area contributed by atoms with Crippen molar-refractivity contribution in [2.24, 2.45) is 4.99 Å². The molecule has 2 N–H and O–H groups in total. The van der Waals surface area contributed by atoms with Gasteiger partial charge < -0.3 is 19.9 Å². The monoisotopic (exact) mass is 616 g/mol. The van der Waals surface area contributed by atoms with Gasteiger partial charge in [-0.15, -0.1) is 11.3 Å². The van der Waals surface area contributed by atoms with Gasteiger partial charge in [0.2, 0.25) is 0 Å². The Morgan fingerprint density at radius 2 is 2.15 bits per heavy atom. The number of carbonyl (C=O) groups is 1. The molecule has 2 aliphatic heterocycles. The van der Waals surface area contributed by atoms with E-state index in [1.807, 2.05) is 6.07 Å². The van der Waals surface area contributed by atoms with E-state index >= 15 is 0 Å². The molecular formula is C28H30BrFN4O4S. The Morgan fingerprint density at radius 3 is 2.90 bits per heavy atom. The van der Waals surface area contributed by atoms with Gasteiger partial charge in [0.05, 0.1) is 48.3 Å². The maximum absolute atomic E-state index is 14.0. The van der Waals surface area contributed by atoms with Crippen LogP contribution in [-0.2, 0) is 20.7 Å². The molecule has 3 heterocycles. The molecule has 11 heteroatoms. The summed E-state index contributed by atoms with van der Waals surface area (Å²) in [6.07, 6.45) is 0.921. The zero-order valence-electron chi connectivity index (χ0n) is 21.7. The van der Waals surface area contributed by atoms with E-state index in [-0.39, 0.29) is 19.3 Å². The molecule has 0 bridgehead atoms. The van der Waals surface area contributed by atoms with E-state index in [2.05, 4.69) is 45.2 Å². The molecule has 3 aromatic rings. The van der Waals surface area contributed by atoms with Crippen molar-refractivity contribution in [2.45, 2.75) is 32.4 Å². The van der Waals surface area contributed by atoms with Gasteiger partial charge in [-0.25, -0.2) is 14.2 Å². The average molecular weight is 618 g/mol. The smallest absolute Gasteiger partial charge is 0.338 e. The largest absolute Gasteiger partial charge is 0.463 e. The summed E-state index contributed by atoms with van der Waals surface area (Å²) in [4.78, 5) is 25.3. The fraction of sp³-hybridized carbons (Fsp3) is 0.393. The van der Waals surface area contributed by atoms with Crippen LogP contribution in [-0.4, -0.2) is 72.4 Å². The van der Waals surface area contributed by atoms with Gasteiger partial charge >= 0.3 is 5.97 Å². The molecule has 1 aromatic heterocycles. The number of aryl methyl sites for hydroxylation is 1. The van der Waals surface area contributed by atoms with Crippen molar-refractivity contribution in [3.8, 4) is 0 Å². The minimum atomic E-state index is -0.767. The minimum Gasteiger partial charge on any atom is -0.463 e. The van der Waals surface area contributed by atoms with E-state index in [1.165, 1.54) is 29.0 Å². The Bertz CT molecular complexity index is 1440. The molecule has 2 atom stereocenters. The van der Waals surface area contributed by atoms with Crippen molar-refractivity contribution >= 4 is 49.3 Å². The SMILES string of the molecule is CCOC(=O)C1=C(CN2CCOCC2CO)NC(c2nc3ccc(CC)cc3s2)=NC1c1ccc(F)cc1Br. The summed E-state index contributed by atoms with van der Waals surface area (Å²) in [5.41, 5.74) is 3.66. The zero-order chi connectivity index (χ0) is 27.5. The highest BCUT2D eigenvalue weighted by Crippen LogP contribution is 2.38. The van der Waals surface area contributed by atoms with Gasteiger partial charge in [0.15, 0.2) is 10.8 Å². The molecular weight excluding hydrogens is 587 g/mol. The quantitative estimate of drug-likeness (QED) is 0.363. The van der Waals surface area contributed by atoms with E-state index in [4.69, 9.17) is 19.5 Å². The van der Waals surface area contributed by atoms with Crippen molar-refractivity contribution in [2.75, 3.05) is 39.5 Å². The Morgan fingerprint density at radius 1 is 1.31 bits per heavy atom. The van der Waals surface area contributed by atoms with Gasteiger partial charge in [-0.1, -0.05) is 35.0 Å². The number of carbonyl (C=O) groups excluding carboxylic acids is 1. The van der Waals surface area contributed by atoms with Crippen LogP contribution in [0.1, 0.15) is 36.0 Å². The van der Waals surface area contributed by atoms with Crippen LogP contribution in [0.4, 0.5) is 4.39 Å². The minimum absolute atomic E-state index is 0.0759. The molecule has 0 amide bonds. The third-order valence-corrected chi connectivity index (χ3v) is 8.58. The lowest BCUT2D eigenvalue weighted by molar-refractivity contribution is -0.139. The molecule has 0 radical (unpaired) electrons. The van der Waals surface area contributed by atoms with Gasteiger partial charge in [-0.3, -0.25) is 9.89 Å². The van der Waals surface area contributed by atoms with Crippen LogP contribution < -0.4 is 5.32 Å². The first-order chi connectivity index (χ1) is 18.9. The lowest BCUT2D eigenvalue weighted by Crippen LogP contribution is -2.50. The number of hydrogen-bond acceptors (Lipinski definition) is 9. The molecule has 2 aromatic carbocycles. The lowest BCUT2D eigenvalue weighted by Gasteiger charge is -2.37. The summed E-state index contributed by atoms with van der Waals surface area (Å²) in [5.74, 6) is -0.385. The molecule has 1 fully saturated rings. The fourth-order valence-electron chi connectivity index (χ4n) is 4.79. The third-order valence-electron chi connectivity index (χ3n) is 6.86. The number of morpholine rings is 1. The number of nitrogens with zero attached hydrogens (tertiary/aromatic N) is 3. The van der Waals surface area contributed by atoms with Crippen LogP contribution in [0, 0.1) is 5.82 Å². The molecule has 0 spiro atoms. The number of ether oxygens (including phenoxy) is 2. The second-order valence-corrected chi connectivity index (χ2v) is 11.2. The number of aliphatic hydroxyl groups is 1. The van der Waals surface area contributed by atoms with Gasteiger partial charge in [-0.2, -0.15) is 0 Å². The summed E-state index contributed by atoms with van der Waals surface area (Å²) < 4.78 is 26.6. The number of fused-ring (bicyclic) bond motifs is 1. The molecule has 5 rings (SSSR count). The number of rotatable bonds is 8. The third kappa shape index (κ3) is 5.92. The summed E-state index contributed by atoms with van der Waals surface area (Å²) in [6.45, 7) is 5.81. The standard InChI is InChI=1S/C28H30BrFN4O4S/c1-3-16-5-8-21-23(11-16)39-27(32-21)26-31-22(13-34-9-10-37-15-18(34)14-35)24(28(36)38-4-2)25(33-26)19-7-6-17(30)12-20(19)29/h5-8,11-12,18,25,35H,3-4,9-10,13-15H2,1-2H3,(H,31,33). The number of thiazole rings is 1. The molecule has 8 nitrogen and oxygen atoms in total. The number of nitrogens with one attached hydrogen (secondary N) is 1. The van der Waals surface area contributed by atoms with Gasteiger partial charge in [0, 0.05) is 23.3 Å². The zero-order valence-corrected chi connectivity index (χ0v) is 24.1. The van der Waals surface area contributed by atoms with E-state index in [1.54, 1.807) is 13.0 Å². The number of esters is 1. The summed E-state index contributed by atoms with van der Waals surface area (Å²) >= 11 is 5.00. The number of aromatic nitrogens is 1. The first kappa shape index (κ1) is 27.9. The Hall–Kier alpha value is -2.70. The molecule has 39 heavy (non-hydrogen) atoms. The summed E-state index contributed by atoms with van der Waals surface area (Å²) in [6, 6.07) is 9.57. The predicted molar refractivity (Wildman–Crippen MR) is 152 cm³/mol. The van der Waals surface area contributed by atoms with E-state index < -0.39 is 17.8 Å². The van der Waals surface area contributed by atoms with Crippen molar-refractivity contribution < 1.29 is 23.8 Å². The van der Waals surface area contributed by atoms with Crippen molar-refractivity contribution in [3.05, 3.63) is 74.1 Å². The molecule has 1 saturated heterocycles. The normalized spacial score (nSPS) is 20.2. The summed E-state index contributed by atoms with van der Waals surface area (Å²) in [7, 11) is 0. The molecule has 0 saturated carbocycles. The molecule has 2 aliphatic rings. The van der Waals surface area contributed by atoms with Gasteiger partial charge in [-0.05, 0) is 48.7 Å². The van der Waals surface area contributed by atoms with Crippen LogP contribution >= 0.6 is 27.3 Å². The van der Waals surface area contributed by atoms with E-state index in [9.17, 15) is 14.3 Å². The number of hydrogen-bond donors (Lipinski definition) is 2. The topological polar surface area (TPSA) is 96.3 Å². The van der Waals surface area contributed by atoms with Crippen molar-refractivity contribution in [3.63, 3.8) is 0 Å². The predicted octanol–water partition coefficient (Wildman–Crippen LogP) is 4.36. The highest BCUT2D eigenvalue weighted by atomic mass is 79.9. The van der Waals surface area contributed by atoms with Gasteiger partial charge in [0.1, 0.15) is 11.9 Å². The molecule has 206 valence electrons. The maximum Gasteiger partial charge on any atom is 0.338 e. The lowest BCUT2D eigenvalue weighted by atomic mass is 9.95.